The van der Waals surface area contributed by atoms with Crippen molar-refractivity contribution in [2.24, 2.45) is 0 Å². The zero-order chi connectivity index (χ0) is 29.9. The molecule has 2 heterocycles. The van der Waals surface area contributed by atoms with E-state index in [1.165, 1.54) is 0 Å². The molecule has 0 bridgehead atoms. The minimum absolute atomic E-state index is 0.0184. The molecule has 0 aliphatic carbocycles. The van der Waals surface area contributed by atoms with Crippen LogP contribution in [0.25, 0.3) is 10.8 Å². The predicted molar refractivity (Wildman–Crippen MR) is 167 cm³/mol. The van der Waals surface area contributed by atoms with Gasteiger partial charge in [-0.3, -0.25) is 14.5 Å². The van der Waals surface area contributed by atoms with Gasteiger partial charge in [0, 0.05) is 37.6 Å². The fourth-order valence-electron chi connectivity index (χ4n) is 5.56. The number of ether oxygens (including phenoxy) is 1. The van der Waals surface area contributed by atoms with Gasteiger partial charge in [0.2, 0.25) is 11.8 Å². The number of H-pyrrole nitrogens is 1. The highest BCUT2D eigenvalue weighted by atomic mass is 32.2. The van der Waals surface area contributed by atoms with Gasteiger partial charge in [-0.2, -0.15) is 11.8 Å². The van der Waals surface area contributed by atoms with Gasteiger partial charge in [-0.25, -0.2) is 9.78 Å². The summed E-state index contributed by atoms with van der Waals surface area (Å²) < 4.78 is 5.44. The maximum atomic E-state index is 13.5. The number of aromatic nitrogens is 2. The van der Waals surface area contributed by atoms with Gasteiger partial charge in [-0.15, -0.1) is 0 Å². The van der Waals surface area contributed by atoms with Crippen molar-refractivity contribution in [1.29, 1.82) is 0 Å². The Hall–Kier alpha value is -3.37. The van der Waals surface area contributed by atoms with Gasteiger partial charge in [-0.05, 0) is 67.9 Å². The number of fused-ring (bicyclic) bond motifs is 1. The van der Waals surface area contributed by atoms with E-state index < -0.39 is 12.0 Å². The Morgan fingerprint density at radius 1 is 1.17 bits per heavy atom. The van der Waals surface area contributed by atoms with Crippen LogP contribution in [0.3, 0.4) is 0 Å². The van der Waals surface area contributed by atoms with Crippen LogP contribution in [0.4, 0.5) is 0 Å². The molecule has 4 rings (SSSR count). The molecule has 1 aliphatic heterocycles. The van der Waals surface area contributed by atoms with E-state index in [0.717, 1.165) is 47.0 Å². The average molecular weight is 594 g/mol. The lowest BCUT2D eigenvalue weighted by atomic mass is 9.99. The van der Waals surface area contributed by atoms with Crippen LogP contribution in [-0.4, -0.2) is 87.4 Å². The van der Waals surface area contributed by atoms with Crippen molar-refractivity contribution in [3.05, 3.63) is 66.2 Å². The van der Waals surface area contributed by atoms with Crippen LogP contribution in [0.15, 0.2) is 55.0 Å². The van der Waals surface area contributed by atoms with Crippen LogP contribution in [0.5, 0.6) is 0 Å². The summed E-state index contributed by atoms with van der Waals surface area (Å²) in [6.45, 7) is 5.51. The Morgan fingerprint density at radius 2 is 1.98 bits per heavy atom. The number of imidazole rings is 1. The van der Waals surface area contributed by atoms with E-state index in [9.17, 15) is 14.4 Å². The molecule has 1 saturated heterocycles. The topological polar surface area (TPSA) is 108 Å². The van der Waals surface area contributed by atoms with Gasteiger partial charge < -0.3 is 19.9 Å². The van der Waals surface area contributed by atoms with Crippen LogP contribution in [0, 0.1) is 0 Å². The van der Waals surface area contributed by atoms with E-state index in [1.54, 1.807) is 38.1 Å². The molecular weight excluding hydrogens is 550 g/mol. The predicted octanol–water partition coefficient (Wildman–Crippen LogP) is 4.18. The van der Waals surface area contributed by atoms with Crippen molar-refractivity contribution in [3.8, 4) is 0 Å². The molecule has 42 heavy (non-hydrogen) atoms. The first-order chi connectivity index (χ1) is 20.3. The largest absolute Gasteiger partial charge is 0.461 e. The number of nitrogens with one attached hydrogen (secondary N) is 2. The van der Waals surface area contributed by atoms with Crippen molar-refractivity contribution in [1.82, 2.24) is 25.1 Å². The first-order valence-corrected chi connectivity index (χ1v) is 16.2. The summed E-state index contributed by atoms with van der Waals surface area (Å²) in [5, 5.41) is 5.23. The van der Waals surface area contributed by atoms with Crippen molar-refractivity contribution in [2.75, 3.05) is 31.6 Å². The second-order valence-corrected chi connectivity index (χ2v) is 12.2. The number of esters is 1. The zero-order valence-electron chi connectivity index (χ0n) is 24.9. The van der Waals surface area contributed by atoms with Gasteiger partial charge in [-0.1, -0.05) is 42.5 Å². The highest BCUT2D eigenvalue weighted by Crippen LogP contribution is 2.23. The monoisotopic (exact) mass is 593 g/mol. The molecule has 0 radical (unpaired) electrons. The Morgan fingerprint density at radius 3 is 2.74 bits per heavy atom. The smallest absolute Gasteiger partial charge is 0.328 e. The summed E-state index contributed by atoms with van der Waals surface area (Å²) in [5.74, 6) is 0.156. The van der Waals surface area contributed by atoms with Crippen LogP contribution in [-0.2, 0) is 32.1 Å². The van der Waals surface area contributed by atoms with Gasteiger partial charge in [0.25, 0.3) is 0 Å². The minimum atomic E-state index is -0.700. The first-order valence-electron chi connectivity index (χ1n) is 14.8. The fraction of sp³-hybridized carbons (Fsp3) is 0.500. The highest BCUT2D eigenvalue weighted by molar-refractivity contribution is 7.98. The number of nitrogens with zero attached hydrogens (tertiary/aromatic N) is 3. The fourth-order valence-corrected chi connectivity index (χ4v) is 6.03. The van der Waals surface area contributed by atoms with E-state index in [-0.39, 0.29) is 36.9 Å². The number of hydrogen-bond acceptors (Lipinski definition) is 7. The van der Waals surface area contributed by atoms with E-state index in [1.807, 2.05) is 29.4 Å². The second kappa shape index (κ2) is 15.7. The molecule has 10 heteroatoms. The third-order valence-corrected chi connectivity index (χ3v) is 8.18. The van der Waals surface area contributed by atoms with E-state index in [2.05, 4.69) is 44.5 Å². The number of benzene rings is 2. The Bertz CT molecular complexity index is 1310. The Kier molecular flexibility index (Phi) is 11.8. The lowest BCUT2D eigenvalue weighted by Crippen LogP contribution is -2.52. The number of rotatable bonds is 14. The Labute approximate surface area is 252 Å². The number of thioether (sulfide) groups is 1. The third-order valence-electron chi connectivity index (χ3n) is 7.54. The SMILES string of the molecule is CSCC[C@H](NC(=O)CN(Cc1cccc2ccccc12)C[C@@H]1CCCCN1C(=O)Cc1cnc[nH]1)C(=O)OC(C)C. The van der Waals surface area contributed by atoms with Gasteiger partial charge in [0.05, 0.1) is 25.4 Å². The molecular formula is C32H43N5O4S. The number of hydrogen-bond donors (Lipinski definition) is 2. The molecule has 0 spiro atoms. The molecule has 0 saturated carbocycles. The van der Waals surface area contributed by atoms with Crippen molar-refractivity contribution < 1.29 is 19.1 Å². The lowest BCUT2D eigenvalue weighted by molar-refractivity contribution is -0.151. The normalized spacial score (nSPS) is 16.1. The summed E-state index contributed by atoms with van der Waals surface area (Å²) >= 11 is 1.62. The zero-order valence-corrected chi connectivity index (χ0v) is 25.7. The standard InChI is InChI=1S/C32H43N5O4S/c1-23(2)41-32(40)29(14-16-42-3)35-30(38)21-36(19-25-11-8-10-24-9-4-5-13-28(24)25)20-27-12-6-7-15-37(27)31(39)17-26-18-33-22-34-26/h4-5,8-11,13,18,22-23,27,29H,6-7,12,14-17,19-21H2,1-3H3,(H,33,34)(H,35,38)/t27-,29-/m0/s1. The summed E-state index contributed by atoms with van der Waals surface area (Å²) in [4.78, 5) is 50.8. The molecule has 9 nitrogen and oxygen atoms in total. The molecule has 3 aromatic rings. The van der Waals surface area contributed by atoms with Gasteiger partial charge >= 0.3 is 5.97 Å². The summed E-state index contributed by atoms with van der Waals surface area (Å²) in [6.07, 6.45) is 8.63. The van der Waals surface area contributed by atoms with Crippen LogP contribution < -0.4 is 5.32 Å². The number of likely N-dealkylation sites (tertiary alicyclic amines) is 1. The summed E-state index contributed by atoms with van der Waals surface area (Å²) in [7, 11) is 0. The molecule has 1 fully saturated rings. The molecule has 2 amide bonds. The van der Waals surface area contributed by atoms with E-state index in [0.29, 0.717) is 26.1 Å². The summed E-state index contributed by atoms with van der Waals surface area (Å²) in [5.41, 5.74) is 1.91. The number of amides is 2. The molecule has 2 atom stereocenters. The van der Waals surface area contributed by atoms with E-state index in [4.69, 9.17) is 4.74 Å². The lowest BCUT2D eigenvalue weighted by Gasteiger charge is -2.39. The number of carbonyl (C=O) groups is 3. The van der Waals surface area contributed by atoms with Crippen LogP contribution >= 0.6 is 11.8 Å². The molecule has 0 unspecified atom stereocenters. The Balaban J connectivity index is 1.54. The number of carbonyl (C=O) groups excluding carboxylic acids is 3. The van der Waals surface area contributed by atoms with Crippen LogP contribution in [0.1, 0.15) is 50.8 Å². The van der Waals surface area contributed by atoms with Crippen molar-refractivity contribution in [3.63, 3.8) is 0 Å². The molecule has 1 aliphatic rings. The average Bonchev–Trinajstić information content (AvgIpc) is 3.48. The molecule has 2 aromatic carbocycles. The minimum Gasteiger partial charge on any atom is -0.461 e. The first kappa shape index (κ1) is 31.6. The molecule has 226 valence electrons. The van der Waals surface area contributed by atoms with Crippen molar-refractivity contribution >= 4 is 40.3 Å². The second-order valence-electron chi connectivity index (χ2n) is 11.2. The third kappa shape index (κ3) is 9.06. The van der Waals surface area contributed by atoms with Crippen molar-refractivity contribution in [2.45, 2.75) is 70.7 Å². The maximum Gasteiger partial charge on any atom is 0.328 e. The number of piperidine rings is 1. The molecule has 1 aromatic heterocycles. The van der Waals surface area contributed by atoms with Gasteiger partial charge in [0.15, 0.2) is 0 Å². The highest BCUT2D eigenvalue weighted by Gasteiger charge is 2.30. The molecule has 2 N–H and O–H groups in total. The number of aromatic amines is 1. The van der Waals surface area contributed by atoms with E-state index >= 15 is 0 Å². The quantitative estimate of drug-likeness (QED) is 0.270. The maximum absolute atomic E-state index is 13.5. The van der Waals surface area contributed by atoms with Gasteiger partial charge in [0.1, 0.15) is 6.04 Å². The summed E-state index contributed by atoms with van der Waals surface area (Å²) in [6, 6.07) is 13.7. The van der Waals surface area contributed by atoms with Crippen LogP contribution in [0.2, 0.25) is 0 Å².